The van der Waals surface area contributed by atoms with Crippen molar-refractivity contribution in [3.63, 3.8) is 0 Å². The first-order valence-corrected chi connectivity index (χ1v) is 5.19. The fraction of sp³-hybridized carbons (Fsp3) is 0.900. The Morgan fingerprint density at radius 2 is 2.14 bits per heavy atom. The molecule has 84 valence electrons. The molecule has 0 aromatic rings. The summed E-state index contributed by atoms with van der Waals surface area (Å²) in [6, 6.07) is 0.109. The van der Waals surface area contributed by atoms with E-state index in [9.17, 15) is 4.79 Å². The Kier molecular flexibility index (Phi) is 8.57. The highest BCUT2D eigenvalue weighted by molar-refractivity contribution is 5.69. The monoisotopic (exact) mass is 203 g/mol. The van der Waals surface area contributed by atoms with Crippen LogP contribution in [-0.2, 0) is 14.3 Å². The molecule has 1 unspecified atom stereocenters. The molecule has 0 bridgehead atoms. The fourth-order valence-corrected chi connectivity index (χ4v) is 0.904. The van der Waals surface area contributed by atoms with Crippen LogP contribution < -0.4 is 5.73 Å². The van der Waals surface area contributed by atoms with Gasteiger partial charge in [-0.05, 0) is 19.8 Å². The molecular weight excluding hydrogens is 182 g/mol. The topological polar surface area (TPSA) is 61.5 Å². The van der Waals surface area contributed by atoms with Crippen LogP contribution in [0.5, 0.6) is 0 Å². The van der Waals surface area contributed by atoms with E-state index in [1.807, 2.05) is 6.92 Å². The number of ether oxygens (including phenoxy) is 2. The van der Waals surface area contributed by atoms with Gasteiger partial charge in [0.25, 0.3) is 0 Å². The molecule has 0 aromatic heterocycles. The average molecular weight is 203 g/mol. The number of nitrogens with two attached hydrogens (primary N) is 1. The molecule has 0 aliphatic heterocycles. The van der Waals surface area contributed by atoms with Gasteiger partial charge in [-0.2, -0.15) is 0 Å². The van der Waals surface area contributed by atoms with E-state index >= 15 is 0 Å². The number of carbonyl (C=O) groups excluding carboxylic acids is 1. The second-order valence-corrected chi connectivity index (χ2v) is 3.15. The predicted octanol–water partition coefficient (Wildman–Crippen LogP) is 1.08. The van der Waals surface area contributed by atoms with Gasteiger partial charge < -0.3 is 15.2 Å². The molecule has 0 heterocycles. The van der Waals surface area contributed by atoms with Gasteiger partial charge in [0.05, 0.1) is 13.2 Å². The van der Waals surface area contributed by atoms with Crippen molar-refractivity contribution in [3.8, 4) is 0 Å². The zero-order chi connectivity index (χ0) is 10.8. The van der Waals surface area contributed by atoms with Crippen molar-refractivity contribution in [1.29, 1.82) is 0 Å². The van der Waals surface area contributed by atoms with Crippen LogP contribution in [-0.4, -0.2) is 31.8 Å². The zero-order valence-corrected chi connectivity index (χ0v) is 9.12. The summed E-state index contributed by atoms with van der Waals surface area (Å²) in [5.74, 6) is -0.157. The van der Waals surface area contributed by atoms with E-state index in [1.165, 1.54) is 0 Å². The van der Waals surface area contributed by atoms with E-state index in [2.05, 4.69) is 0 Å². The number of hydrogen-bond donors (Lipinski definition) is 1. The lowest BCUT2D eigenvalue weighted by Gasteiger charge is -2.08. The standard InChI is InChI=1S/C10H21NO3/c1-3-9(11)8-13-7-5-6-10(12)14-4-2/h9H,3-8,11H2,1-2H3. The summed E-state index contributed by atoms with van der Waals surface area (Å²) in [4.78, 5) is 10.9. The molecule has 0 aromatic carbocycles. The van der Waals surface area contributed by atoms with E-state index in [1.54, 1.807) is 6.92 Å². The molecule has 0 saturated carbocycles. The van der Waals surface area contributed by atoms with Gasteiger partial charge in [-0.15, -0.1) is 0 Å². The maximum absolute atomic E-state index is 10.9. The first-order valence-electron chi connectivity index (χ1n) is 5.19. The van der Waals surface area contributed by atoms with Crippen molar-refractivity contribution in [2.75, 3.05) is 19.8 Å². The molecule has 0 aliphatic carbocycles. The molecule has 4 nitrogen and oxygen atoms in total. The third-order valence-corrected chi connectivity index (χ3v) is 1.83. The van der Waals surface area contributed by atoms with Crippen molar-refractivity contribution in [3.05, 3.63) is 0 Å². The smallest absolute Gasteiger partial charge is 0.305 e. The van der Waals surface area contributed by atoms with Gasteiger partial charge in [-0.1, -0.05) is 6.92 Å². The molecule has 4 heteroatoms. The summed E-state index contributed by atoms with van der Waals surface area (Å²) in [6.07, 6.45) is 2.04. The fourth-order valence-electron chi connectivity index (χ4n) is 0.904. The largest absolute Gasteiger partial charge is 0.466 e. The summed E-state index contributed by atoms with van der Waals surface area (Å²) in [7, 11) is 0. The van der Waals surface area contributed by atoms with E-state index in [4.69, 9.17) is 15.2 Å². The Labute approximate surface area is 85.8 Å². The summed E-state index contributed by atoms with van der Waals surface area (Å²) >= 11 is 0. The summed E-state index contributed by atoms with van der Waals surface area (Å²) in [6.45, 7) is 5.41. The van der Waals surface area contributed by atoms with E-state index in [0.29, 0.717) is 32.7 Å². The molecule has 0 radical (unpaired) electrons. The van der Waals surface area contributed by atoms with Crippen LogP contribution in [0.1, 0.15) is 33.1 Å². The molecule has 0 spiro atoms. The third-order valence-electron chi connectivity index (χ3n) is 1.83. The lowest BCUT2D eigenvalue weighted by Crippen LogP contribution is -2.25. The normalized spacial score (nSPS) is 12.5. The van der Waals surface area contributed by atoms with E-state index in [0.717, 1.165) is 6.42 Å². The Morgan fingerprint density at radius 3 is 2.71 bits per heavy atom. The predicted molar refractivity (Wildman–Crippen MR) is 55.0 cm³/mol. The number of hydrogen-bond acceptors (Lipinski definition) is 4. The van der Waals surface area contributed by atoms with Crippen molar-refractivity contribution < 1.29 is 14.3 Å². The van der Waals surface area contributed by atoms with Crippen LogP contribution in [0.3, 0.4) is 0 Å². The number of carbonyl (C=O) groups is 1. The molecule has 0 saturated heterocycles. The molecule has 0 fully saturated rings. The van der Waals surface area contributed by atoms with Gasteiger partial charge in [0.15, 0.2) is 0 Å². The first-order chi connectivity index (χ1) is 6.70. The Balaban J connectivity index is 3.17. The molecule has 2 N–H and O–H groups in total. The Bertz CT molecular complexity index is 150. The van der Waals surface area contributed by atoms with Crippen molar-refractivity contribution in [2.24, 2.45) is 5.73 Å². The van der Waals surface area contributed by atoms with E-state index in [-0.39, 0.29) is 12.0 Å². The second-order valence-electron chi connectivity index (χ2n) is 3.15. The van der Waals surface area contributed by atoms with Crippen LogP contribution in [0.4, 0.5) is 0 Å². The van der Waals surface area contributed by atoms with Gasteiger partial charge in [0.2, 0.25) is 0 Å². The van der Waals surface area contributed by atoms with E-state index < -0.39 is 0 Å². The minimum Gasteiger partial charge on any atom is -0.466 e. The first kappa shape index (κ1) is 13.4. The molecular formula is C10H21NO3. The van der Waals surface area contributed by atoms with Crippen molar-refractivity contribution >= 4 is 5.97 Å². The minimum atomic E-state index is -0.157. The molecule has 0 amide bonds. The van der Waals surface area contributed by atoms with Crippen LogP contribution in [0.25, 0.3) is 0 Å². The Morgan fingerprint density at radius 1 is 1.43 bits per heavy atom. The molecule has 1 atom stereocenters. The van der Waals surface area contributed by atoms with Crippen LogP contribution in [0, 0.1) is 0 Å². The number of rotatable bonds is 8. The summed E-state index contributed by atoms with van der Waals surface area (Å²) < 4.78 is 10.1. The van der Waals surface area contributed by atoms with Gasteiger partial charge in [0.1, 0.15) is 0 Å². The molecule has 0 aliphatic rings. The van der Waals surface area contributed by atoms with Crippen molar-refractivity contribution in [1.82, 2.24) is 0 Å². The van der Waals surface area contributed by atoms with Gasteiger partial charge in [0, 0.05) is 19.1 Å². The molecule has 14 heavy (non-hydrogen) atoms. The second kappa shape index (κ2) is 8.97. The maximum Gasteiger partial charge on any atom is 0.305 e. The van der Waals surface area contributed by atoms with Gasteiger partial charge in [-0.3, -0.25) is 4.79 Å². The van der Waals surface area contributed by atoms with Crippen LogP contribution >= 0.6 is 0 Å². The zero-order valence-electron chi connectivity index (χ0n) is 9.12. The van der Waals surface area contributed by atoms with Gasteiger partial charge >= 0.3 is 5.97 Å². The minimum absolute atomic E-state index is 0.109. The van der Waals surface area contributed by atoms with Crippen LogP contribution in [0.15, 0.2) is 0 Å². The highest BCUT2D eigenvalue weighted by Crippen LogP contribution is 1.95. The highest BCUT2D eigenvalue weighted by Gasteiger charge is 2.02. The summed E-state index contributed by atoms with van der Waals surface area (Å²) in [5, 5.41) is 0. The lowest BCUT2D eigenvalue weighted by atomic mass is 10.2. The van der Waals surface area contributed by atoms with Crippen LogP contribution in [0.2, 0.25) is 0 Å². The number of esters is 1. The quantitative estimate of drug-likeness (QED) is 0.473. The third kappa shape index (κ3) is 8.01. The summed E-state index contributed by atoms with van der Waals surface area (Å²) in [5.41, 5.74) is 5.65. The van der Waals surface area contributed by atoms with Crippen molar-refractivity contribution in [2.45, 2.75) is 39.2 Å². The Hall–Kier alpha value is -0.610. The SMILES string of the molecule is CCOC(=O)CCCOCC(N)CC. The highest BCUT2D eigenvalue weighted by atomic mass is 16.5. The lowest BCUT2D eigenvalue weighted by molar-refractivity contribution is -0.143. The van der Waals surface area contributed by atoms with Gasteiger partial charge in [-0.25, -0.2) is 0 Å². The average Bonchev–Trinajstić information content (AvgIpc) is 2.17. The molecule has 0 rings (SSSR count). The maximum atomic E-state index is 10.9.